The monoisotopic (exact) mass is 357 g/mol. The fourth-order valence-electron chi connectivity index (χ4n) is 1.84. The Morgan fingerprint density at radius 3 is 2.71 bits per heavy atom. The standard InChI is InChI=1S/C15H20BrNO4/c1-2-21-9-7-14(18)17(8-6-15(19)20)11-12-4-3-5-13(16)10-12/h3-5,10H,2,6-9,11H2,1H3,(H,19,20). The molecule has 0 radical (unpaired) electrons. The minimum Gasteiger partial charge on any atom is -0.481 e. The van der Waals surface area contributed by atoms with Crippen LogP contribution in [0.1, 0.15) is 25.3 Å². The predicted molar refractivity (Wildman–Crippen MR) is 82.9 cm³/mol. The third-order valence-corrected chi connectivity index (χ3v) is 3.37. The van der Waals surface area contributed by atoms with Crippen LogP contribution in [0.15, 0.2) is 28.7 Å². The van der Waals surface area contributed by atoms with Crippen molar-refractivity contribution >= 4 is 27.8 Å². The van der Waals surface area contributed by atoms with Crippen LogP contribution in [0.25, 0.3) is 0 Å². The van der Waals surface area contributed by atoms with Crippen LogP contribution < -0.4 is 0 Å². The second kappa shape index (κ2) is 9.52. The molecule has 5 nitrogen and oxygen atoms in total. The van der Waals surface area contributed by atoms with Crippen LogP contribution in [0, 0.1) is 0 Å². The molecule has 0 saturated heterocycles. The molecule has 0 bridgehead atoms. The number of amides is 1. The zero-order valence-corrected chi connectivity index (χ0v) is 13.6. The SMILES string of the molecule is CCOCCC(=O)N(CCC(=O)O)Cc1cccc(Br)c1. The van der Waals surface area contributed by atoms with Crippen molar-refractivity contribution in [3.05, 3.63) is 34.3 Å². The molecule has 0 aliphatic carbocycles. The summed E-state index contributed by atoms with van der Waals surface area (Å²) in [6.07, 6.45) is 0.204. The van der Waals surface area contributed by atoms with Crippen LogP contribution >= 0.6 is 15.9 Å². The van der Waals surface area contributed by atoms with E-state index < -0.39 is 5.97 Å². The maximum Gasteiger partial charge on any atom is 0.305 e. The highest BCUT2D eigenvalue weighted by Gasteiger charge is 2.15. The Bertz CT molecular complexity index is 478. The van der Waals surface area contributed by atoms with E-state index in [1.54, 1.807) is 4.90 Å². The van der Waals surface area contributed by atoms with E-state index >= 15 is 0 Å². The van der Waals surface area contributed by atoms with Crippen LogP contribution in [-0.4, -0.2) is 41.6 Å². The zero-order chi connectivity index (χ0) is 15.7. The molecule has 1 rings (SSSR count). The van der Waals surface area contributed by atoms with Gasteiger partial charge in [0.25, 0.3) is 0 Å². The van der Waals surface area contributed by atoms with Crippen LogP contribution in [-0.2, 0) is 20.9 Å². The number of ether oxygens (including phenoxy) is 1. The average Bonchev–Trinajstić information content (AvgIpc) is 2.43. The van der Waals surface area contributed by atoms with E-state index in [2.05, 4.69) is 15.9 Å². The summed E-state index contributed by atoms with van der Waals surface area (Å²) in [7, 11) is 0. The zero-order valence-electron chi connectivity index (χ0n) is 12.0. The van der Waals surface area contributed by atoms with E-state index in [0.29, 0.717) is 19.8 Å². The molecule has 1 amide bonds. The number of nitrogens with zero attached hydrogens (tertiary/aromatic N) is 1. The van der Waals surface area contributed by atoms with E-state index in [-0.39, 0.29) is 25.3 Å². The lowest BCUT2D eigenvalue weighted by Gasteiger charge is -2.22. The lowest BCUT2D eigenvalue weighted by molar-refractivity contribution is -0.139. The lowest BCUT2D eigenvalue weighted by Crippen LogP contribution is -2.33. The second-order valence-corrected chi connectivity index (χ2v) is 5.45. The number of carbonyl (C=O) groups excluding carboxylic acids is 1. The summed E-state index contributed by atoms with van der Waals surface area (Å²) in [4.78, 5) is 24.4. The first-order valence-corrected chi connectivity index (χ1v) is 7.64. The Balaban J connectivity index is 2.66. The maximum absolute atomic E-state index is 12.2. The van der Waals surface area contributed by atoms with Crippen LogP contribution in [0.3, 0.4) is 0 Å². The van der Waals surface area contributed by atoms with Crippen LogP contribution in [0.4, 0.5) is 0 Å². The number of rotatable bonds is 9. The highest BCUT2D eigenvalue weighted by molar-refractivity contribution is 9.10. The molecule has 0 unspecified atom stereocenters. The molecular weight excluding hydrogens is 338 g/mol. The van der Waals surface area contributed by atoms with Gasteiger partial charge in [0.15, 0.2) is 0 Å². The van der Waals surface area contributed by atoms with E-state index in [0.717, 1.165) is 10.0 Å². The van der Waals surface area contributed by atoms with Gasteiger partial charge in [-0.15, -0.1) is 0 Å². The number of carboxylic acids is 1. The lowest BCUT2D eigenvalue weighted by atomic mass is 10.2. The quantitative estimate of drug-likeness (QED) is 0.690. The maximum atomic E-state index is 12.2. The Labute approximate surface area is 133 Å². The first-order chi connectivity index (χ1) is 10.0. The number of hydrogen-bond donors (Lipinski definition) is 1. The molecule has 0 atom stereocenters. The fourth-order valence-corrected chi connectivity index (χ4v) is 2.29. The third-order valence-electron chi connectivity index (χ3n) is 2.88. The van der Waals surface area contributed by atoms with Crippen LogP contribution in [0.5, 0.6) is 0 Å². The number of carbonyl (C=O) groups is 2. The number of carboxylic acid groups (broad SMARTS) is 1. The van der Waals surface area contributed by atoms with E-state index in [1.807, 2.05) is 31.2 Å². The molecule has 0 fully saturated rings. The summed E-state index contributed by atoms with van der Waals surface area (Å²) in [5.41, 5.74) is 0.958. The molecule has 1 aromatic carbocycles. The van der Waals surface area contributed by atoms with Gasteiger partial charge in [0.1, 0.15) is 0 Å². The summed E-state index contributed by atoms with van der Waals surface area (Å²) in [6.45, 7) is 3.39. The first-order valence-electron chi connectivity index (χ1n) is 6.84. The Morgan fingerprint density at radius 1 is 1.33 bits per heavy atom. The van der Waals surface area contributed by atoms with Gasteiger partial charge in [-0.05, 0) is 24.6 Å². The minimum atomic E-state index is -0.910. The number of hydrogen-bond acceptors (Lipinski definition) is 3. The molecule has 0 aliphatic rings. The number of halogens is 1. The van der Waals surface area contributed by atoms with Crippen molar-refractivity contribution in [2.75, 3.05) is 19.8 Å². The highest BCUT2D eigenvalue weighted by Crippen LogP contribution is 2.14. The van der Waals surface area contributed by atoms with Gasteiger partial charge in [-0.2, -0.15) is 0 Å². The van der Waals surface area contributed by atoms with Crippen molar-refractivity contribution in [2.45, 2.75) is 26.3 Å². The van der Waals surface area contributed by atoms with Crippen molar-refractivity contribution in [1.29, 1.82) is 0 Å². The molecule has 1 N–H and O–H groups in total. The topological polar surface area (TPSA) is 66.8 Å². The van der Waals surface area contributed by atoms with Gasteiger partial charge in [-0.1, -0.05) is 28.1 Å². The summed E-state index contributed by atoms with van der Waals surface area (Å²) in [5.74, 6) is -1.00. The Kier molecular flexibility index (Phi) is 8.00. The largest absolute Gasteiger partial charge is 0.481 e. The molecule has 0 aliphatic heterocycles. The molecule has 0 saturated carbocycles. The number of benzene rings is 1. The molecule has 0 heterocycles. The van der Waals surface area contributed by atoms with Crippen molar-refractivity contribution in [1.82, 2.24) is 4.90 Å². The molecule has 6 heteroatoms. The van der Waals surface area contributed by atoms with Gasteiger partial charge < -0.3 is 14.7 Å². The predicted octanol–water partition coefficient (Wildman–Crippen LogP) is 2.68. The Morgan fingerprint density at radius 2 is 2.10 bits per heavy atom. The highest BCUT2D eigenvalue weighted by atomic mass is 79.9. The van der Waals surface area contributed by atoms with Crippen molar-refractivity contribution in [3.8, 4) is 0 Å². The van der Waals surface area contributed by atoms with Gasteiger partial charge >= 0.3 is 5.97 Å². The van der Waals surface area contributed by atoms with Gasteiger partial charge in [-0.25, -0.2) is 0 Å². The van der Waals surface area contributed by atoms with Gasteiger partial charge in [0, 0.05) is 24.2 Å². The third kappa shape index (κ3) is 7.24. The molecule has 1 aromatic rings. The number of aliphatic carboxylic acids is 1. The molecule has 21 heavy (non-hydrogen) atoms. The summed E-state index contributed by atoms with van der Waals surface area (Å²) < 4.78 is 6.11. The molecule has 116 valence electrons. The second-order valence-electron chi connectivity index (χ2n) is 4.54. The molecule has 0 spiro atoms. The summed E-state index contributed by atoms with van der Waals surface area (Å²) >= 11 is 3.39. The van der Waals surface area contributed by atoms with Crippen molar-refractivity contribution in [2.24, 2.45) is 0 Å². The smallest absolute Gasteiger partial charge is 0.305 e. The average molecular weight is 358 g/mol. The van der Waals surface area contributed by atoms with Crippen molar-refractivity contribution in [3.63, 3.8) is 0 Å². The van der Waals surface area contributed by atoms with E-state index in [9.17, 15) is 9.59 Å². The van der Waals surface area contributed by atoms with Crippen molar-refractivity contribution < 1.29 is 19.4 Å². The first kappa shape index (κ1) is 17.7. The van der Waals surface area contributed by atoms with Gasteiger partial charge in [0.05, 0.1) is 19.4 Å². The summed E-state index contributed by atoms with van der Waals surface area (Å²) in [5, 5.41) is 8.80. The van der Waals surface area contributed by atoms with E-state index in [4.69, 9.17) is 9.84 Å². The van der Waals surface area contributed by atoms with Gasteiger partial charge in [0.2, 0.25) is 5.91 Å². The molecule has 0 aromatic heterocycles. The van der Waals surface area contributed by atoms with E-state index in [1.165, 1.54) is 0 Å². The molecular formula is C15H20BrNO4. The fraction of sp³-hybridized carbons (Fsp3) is 0.467. The Hall–Kier alpha value is -1.40. The van der Waals surface area contributed by atoms with Gasteiger partial charge in [-0.3, -0.25) is 9.59 Å². The minimum absolute atomic E-state index is 0.0611. The normalized spacial score (nSPS) is 10.4. The summed E-state index contributed by atoms with van der Waals surface area (Å²) in [6, 6.07) is 7.62. The van der Waals surface area contributed by atoms with Crippen LogP contribution in [0.2, 0.25) is 0 Å².